The molecule has 1 heterocycles. The van der Waals surface area contributed by atoms with Crippen LogP contribution in [0.1, 0.15) is 27.0 Å². The fraction of sp³-hybridized carbons (Fsp3) is 0.235. The normalized spacial score (nSPS) is 10.2. The van der Waals surface area contributed by atoms with Crippen LogP contribution in [0.15, 0.2) is 36.4 Å². The van der Waals surface area contributed by atoms with Gasteiger partial charge in [-0.1, -0.05) is 23.7 Å². The highest BCUT2D eigenvalue weighted by Crippen LogP contribution is 2.21. The number of esters is 1. The van der Waals surface area contributed by atoms with Gasteiger partial charge in [0.1, 0.15) is 12.3 Å². The summed E-state index contributed by atoms with van der Waals surface area (Å²) < 4.78 is 10.7. The molecule has 2 aromatic rings. The van der Waals surface area contributed by atoms with Gasteiger partial charge in [0.05, 0.1) is 21.4 Å². The van der Waals surface area contributed by atoms with E-state index >= 15 is 0 Å². The third-order valence-electron chi connectivity index (χ3n) is 3.04. The van der Waals surface area contributed by atoms with E-state index in [1.165, 1.54) is 0 Å². The molecule has 0 unspecified atom stereocenters. The molecule has 0 bridgehead atoms. The number of thiophene rings is 1. The second-order valence-corrected chi connectivity index (χ2v) is 6.51. The van der Waals surface area contributed by atoms with Crippen molar-refractivity contribution in [3.05, 3.63) is 51.2 Å². The number of rotatable bonds is 8. The number of Topliss-reactive ketones (excluding diaryl/α,β-unsaturated/α-hetero) is 1. The van der Waals surface area contributed by atoms with E-state index in [0.717, 1.165) is 11.3 Å². The Hall–Kier alpha value is -2.38. The second-order valence-electron chi connectivity index (χ2n) is 4.80. The molecule has 0 spiro atoms. The molecule has 0 saturated carbocycles. The van der Waals surface area contributed by atoms with Gasteiger partial charge in [-0.15, -0.1) is 11.3 Å². The number of para-hydroxylation sites is 1. The Morgan fingerprint density at radius 2 is 1.92 bits per heavy atom. The first-order valence-corrected chi connectivity index (χ1v) is 8.65. The number of benzene rings is 1. The molecule has 0 aliphatic heterocycles. The van der Waals surface area contributed by atoms with Gasteiger partial charge in [-0.3, -0.25) is 14.4 Å². The molecular formula is C17H16ClNO5S. The number of carbonyl (C=O) groups is 3. The van der Waals surface area contributed by atoms with Crippen LogP contribution in [0, 0.1) is 0 Å². The summed E-state index contributed by atoms with van der Waals surface area (Å²) in [5, 5.41) is 2.44. The van der Waals surface area contributed by atoms with Gasteiger partial charge in [0.25, 0.3) is 5.91 Å². The fourth-order valence-corrected chi connectivity index (χ4v) is 2.88. The molecule has 2 rings (SSSR count). The topological polar surface area (TPSA) is 81.7 Å². The molecule has 1 aromatic carbocycles. The van der Waals surface area contributed by atoms with Crippen molar-refractivity contribution in [2.75, 3.05) is 19.8 Å². The van der Waals surface area contributed by atoms with Crippen molar-refractivity contribution in [3.63, 3.8) is 0 Å². The molecule has 8 heteroatoms. The molecule has 0 saturated heterocycles. The molecule has 0 atom stereocenters. The van der Waals surface area contributed by atoms with Gasteiger partial charge < -0.3 is 14.8 Å². The largest absolute Gasteiger partial charge is 0.493 e. The number of carbonyl (C=O) groups excluding carboxylic acids is 3. The summed E-state index contributed by atoms with van der Waals surface area (Å²) >= 11 is 6.86. The lowest BCUT2D eigenvalue weighted by atomic mass is 10.2. The van der Waals surface area contributed by atoms with E-state index in [-0.39, 0.29) is 12.3 Å². The summed E-state index contributed by atoms with van der Waals surface area (Å²) in [6.07, 6.45) is 0. The highest BCUT2D eigenvalue weighted by molar-refractivity contribution is 7.18. The van der Waals surface area contributed by atoms with Crippen LogP contribution < -0.4 is 10.1 Å². The lowest BCUT2D eigenvalue weighted by Crippen LogP contribution is -2.31. The Balaban J connectivity index is 1.81. The minimum Gasteiger partial charge on any atom is -0.493 e. The van der Waals surface area contributed by atoms with Crippen molar-refractivity contribution in [2.24, 2.45) is 0 Å². The molecule has 0 aliphatic carbocycles. The Morgan fingerprint density at radius 3 is 2.60 bits per heavy atom. The van der Waals surface area contributed by atoms with E-state index in [1.807, 2.05) is 6.92 Å². The van der Waals surface area contributed by atoms with Crippen molar-refractivity contribution in [1.29, 1.82) is 0 Å². The van der Waals surface area contributed by atoms with E-state index in [2.05, 4.69) is 5.32 Å². The van der Waals surface area contributed by atoms with Crippen molar-refractivity contribution >= 4 is 40.6 Å². The summed E-state index contributed by atoms with van der Waals surface area (Å²) in [4.78, 5) is 36.0. The Labute approximate surface area is 153 Å². The van der Waals surface area contributed by atoms with Gasteiger partial charge in [-0.05, 0) is 31.2 Å². The summed E-state index contributed by atoms with van der Waals surface area (Å²) in [5.41, 5.74) is 0.321. The van der Waals surface area contributed by atoms with Crippen molar-refractivity contribution in [3.8, 4) is 5.75 Å². The molecule has 1 aromatic heterocycles. The third kappa shape index (κ3) is 5.58. The lowest BCUT2D eigenvalue weighted by Gasteiger charge is -2.10. The monoisotopic (exact) mass is 381 g/mol. The van der Waals surface area contributed by atoms with Crippen molar-refractivity contribution in [1.82, 2.24) is 5.32 Å². The van der Waals surface area contributed by atoms with Crippen molar-refractivity contribution < 1.29 is 23.9 Å². The van der Waals surface area contributed by atoms with Crippen LogP contribution in [-0.4, -0.2) is 37.4 Å². The van der Waals surface area contributed by atoms with Crippen LogP contribution in [0.4, 0.5) is 0 Å². The smallest absolute Gasteiger partial charge is 0.325 e. The molecule has 0 fully saturated rings. The zero-order chi connectivity index (χ0) is 18.2. The summed E-state index contributed by atoms with van der Waals surface area (Å²) in [5.74, 6) is -1.09. The van der Waals surface area contributed by atoms with Gasteiger partial charge in [0.15, 0.2) is 6.61 Å². The van der Waals surface area contributed by atoms with E-state index < -0.39 is 18.5 Å². The highest BCUT2D eigenvalue weighted by Gasteiger charge is 2.15. The predicted molar refractivity (Wildman–Crippen MR) is 94.6 cm³/mol. The Morgan fingerprint density at radius 1 is 1.16 bits per heavy atom. The molecule has 0 radical (unpaired) electrons. The number of hydrogen-bond acceptors (Lipinski definition) is 6. The van der Waals surface area contributed by atoms with Gasteiger partial charge in [0, 0.05) is 0 Å². The Bertz CT molecular complexity index is 774. The second kappa shape index (κ2) is 9.19. The number of amides is 1. The number of ether oxygens (including phenoxy) is 2. The van der Waals surface area contributed by atoms with Gasteiger partial charge in [0.2, 0.25) is 5.78 Å². The Kier molecular flexibility index (Phi) is 6.97. The molecule has 1 amide bonds. The minimum absolute atomic E-state index is 0.321. The van der Waals surface area contributed by atoms with Crippen LogP contribution >= 0.6 is 22.9 Å². The van der Waals surface area contributed by atoms with E-state index in [9.17, 15) is 14.4 Å². The van der Waals surface area contributed by atoms with Crippen LogP contribution in [0.2, 0.25) is 4.34 Å². The molecule has 132 valence electrons. The molecule has 1 N–H and O–H groups in total. The van der Waals surface area contributed by atoms with Crippen molar-refractivity contribution in [2.45, 2.75) is 6.92 Å². The SMILES string of the molecule is CCOc1ccccc1C(=O)NCC(=O)OCC(=O)c1ccc(Cl)s1. The zero-order valence-electron chi connectivity index (χ0n) is 13.4. The molecule has 6 nitrogen and oxygen atoms in total. The van der Waals surface area contributed by atoms with Crippen LogP contribution in [-0.2, 0) is 9.53 Å². The maximum absolute atomic E-state index is 12.1. The quantitative estimate of drug-likeness (QED) is 0.561. The zero-order valence-corrected chi connectivity index (χ0v) is 15.0. The van der Waals surface area contributed by atoms with E-state index in [0.29, 0.717) is 27.1 Å². The van der Waals surface area contributed by atoms with E-state index in [4.69, 9.17) is 21.1 Å². The number of hydrogen-bond donors (Lipinski definition) is 1. The maximum atomic E-state index is 12.1. The minimum atomic E-state index is -0.710. The standard InChI is InChI=1S/C17H16ClNO5S/c1-2-23-13-6-4-3-5-11(13)17(22)19-9-16(21)24-10-12(20)14-7-8-15(18)25-14/h3-8H,2,9-10H2,1H3,(H,19,22). The van der Waals surface area contributed by atoms with Gasteiger partial charge >= 0.3 is 5.97 Å². The van der Waals surface area contributed by atoms with Crippen LogP contribution in [0.5, 0.6) is 5.75 Å². The third-order valence-corrected chi connectivity index (χ3v) is 4.31. The van der Waals surface area contributed by atoms with Crippen LogP contribution in [0.3, 0.4) is 0 Å². The first-order valence-electron chi connectivity index (χ1n) is 7.45. The molecule has 25 heavy (non-hydrogen) atoms. The maximum Gasteiger partial charge on any atom is 0.325 e. The average molecular weight is 382 g/mol. The number of ketones is 1. The number of nitrogens with one attached hydrogen (secondary N) is 1. The van der Waals surface area contributed by atoms with Gasteiger partial charge in [-0.2, -0.15) is 0 Å². The average Bonchev–Trinajstić information content (AvgIpc) is 3.05. The number of halogens is 1. The first kappa shape index (κ1) is 19.0. The lowest BCUT2D eigenvalue weighted by molar-refractivity contribution is -0.141. The molecule has 0 aliphatic rings. The van der Waals surface area contributed by atoms with Gasteiger partial charge in [-0.25, -0.2) is 0 Å². The van der Waals surface area contributed by atoms with E-state index in [1.54, 1.807) is 36.4 Å². The summed E-state index contributed by atoms with van der Waals surface area (Å²) in [7, 11) is 0. The summed E-state index contributed by atoms with van der Waals surface area (Å²) in [6.45, 7) is 1.48. The first-order chi connectivity index (χ1) is 12.0. The summed E-state index contributed by atoms with van der Waals surface area (Å²) in [6, 6.07) is 9.86. The molecular weight excluding hydrogens is 366 g/mol. The predicted octanol–water partition coefficient (Wildman–Crippen LogP) is 2.96. The fourth-order valence-electron chi connectivity index (χ4n) is 1.92. The highest BCUT2D eigenvalue weighted by atomic mass is 35.5. The van der Waals surface area contributed by atoms with Crippen LogP contribution in [0.25, 0.3) is 0 Å².